The second-order valence-electron chi connectivity index (χ2n) is 6.63. The monoisotopic (exact) mass is 372 g/mol. The van der Waals surface area contributed by atoms with E-state index in [4.69, 9.17) is 0 Å². The molecule has 0 atom stereocenters. The number of hydrogen-bond donors (Lipinski definition) is 0. The highest BCUT2D eigenvalue weighted by Gasteiger charge is 2.21. The fourth-order valence-corrected chi connectivity index (χ4v) is 3.20. The summed E-state index contributed by atoms with van der Waals surface area (Å²) in [5.74, 6) is -0.672. The molecule has 0 spiro atoms. The zero-order valence-electron chi connectivity index (χ0n) is 15.0. The molecule has 1 saturated heterocycles. The van der Waals surface area contributed by atoms with Crippen LogP contribution < -0.4 is 4.90 Å². The van der Waals surface area contributed by atoms with Crippen LogP contribution in [-0.4, -0.2) is 42.8 Å². The summed E-state index contributed by atoms with van der Waals surface area (Å²) in [6, 6.07) is 11.8. The molecule has 27 heavy (non-hydrogen) atoms. The highest BCUT2D eigenvalue weighted by molar-refractivity contribution is 5.96. The number of rotatable bonds is 6. The molecule has 1 aliphatic rings. The van der Waals surface area contributed by atoms with Crippen molar-refractivity contribution >= 4 is 17.4 Å². The summed E-state index contributed by atoms with van der Waals surface area (Å²) in [5.41, 5.74) is 1.42. The third-order valence-electron chi connectivity index (χ3n) is 4.78. The van der Waals surface area contributed by atoms with Crippen molar-refractivity contribution in [2.24, 2.45) is 0 Å². The molecule has 0 unspecified atom stereocenters. The Morgan fingerprint density at radius 1 is 0.778 bits per heavy atom. The molecule has 1 amide bonds. The Kier molecular flexibility index (Phi) is 6.16. The summed E-state index contributed by atoms with van der Waals surface area (Å²) in [6.07, 6.45) is 1.07. The summed E-state index contributed by atoms with van der Waals surface area (Å²) < 4.78 is 25.9. The van der Waals surface area contributed by atoms with Crippen LogP contribution in [0.25, 0.3) is 0 Å². The zero-order chi connectivity index (χ0) is 19.2. The van der Waals surface area contributed by atoms with Gasteiger partial charge in [0, 0.05) is 50.3 Å². The zero-order valence-corrected chi connectivity index (χ0v) is 15.0. The molecule has 1 heterocycles. The molecular formula is C21H22F2N2O2. The molecule has 4 nitrogen and oxygen atoms in total. The molecule has 0 aliphatic carbocycles. The first-order chi connectivity index (χ1) is 13.0. The van der Waals surface area contributed by atoms with Crippen LogP contribution in [0.5, 0.6) is 0 Å². The van der Waals surface area contributed by atoms with E-state index in [9.17, 15) is 18.4 Å². The lowest BCUT2D eigenvalue weighted by molar-refractivity contribution is -0.131. The summed E-state index contributed by atoms with van der Waals surface area (Å²) in [4.78, 5) is 28.3. The van der Waals surface area contributed by atoms with Crippen LogP contribution in [0.4, 0.5) is 14.5 Å². The van der Waals surface area contributed by atoms with Crippen molar-refractivity contribution in [3.8, 4) is 0 Å². The average Bonchev–Trinajstić information content (AvgIpc) is 2.69. The predicted octanol–water partition coefficient (Wildman–Crippen LogP) is 3.67. The van der Waals surface area contributed by atoms with Crippen molar-refractivity contribution in [1.29, 1.82) is 0 Å². The first-order valence-electron chi connectivity index (χ1n) is 9.10. The second-order valence-corrected chi connectivity index (χ2v) is 6.63. The number of anilines is 1. The number of halogens is 2. The Morgan fingerprint density at radius 3 is 1.93 bits per heavy atom. The maximum Gasteiger partial charge on any atom is 0.222 e. The van der Waals surface area contributed by atoms with Crippen LogP contribution in [0, 0.1) is 11.6 Å². The van der Waals surface area contributed by atoms with Gasteiger partial charge in [0.1, 0.15) is 11.6 Å². The Balaban J connectivity index is 1.41. The number of Topliss-reactive ketones (excluding diaryl/α,β-unsaturated/α-hetero) is 1. The van der Waals surface area contributed by atoms with Gasteiger partial charge in [-0.15, -0.1) is 0 Å². The maximum atomic E-state index is 13.0. The first-order valence-corrected chi connectivity index (χ1v) is 9.10. The minimum atomic E-state index is -0.374. The fourth-order valence-electron chi connectivity index (χ4n) is 3.20. The summed E-state index contributed by atoms with van der Waals surface area (Å²) in [7, 11) is 0. The predicted molar refractivity (Wildman–Crippen MR) is 99.8 cm³/mol. The lowest BCUT2D eigenvalue weighted by Gasteiger charge is -2.36. The SMILES string of the molecule is O=C(CCCC(=O)N1CCN(c2ccc(F)cc2)CC1)c1ccc(F)cc1. The van der Waals surface area contributed by atoms with Crippen LogP contribution in [0.15, 0.2) is 48.5 Å². The lowest BCUT2D eigenvalue weighted by atomic mass is 10.1. The van der Waals surface area contributed by atoms with Crippen LogP contribution in [0.3, 0.4) is 0 Å². The van der Waals surface area contributed by atoms with Gasteiger partial charge >= 0.3 is 0 Å². The van der Waals surface area contributed by atoms with Crippen LogP contribution in [0.2, 0.25) is 0 Å². The van der Waals surface area contributed by atoms with Gasteiger partial charge in [-0.2, -0.15) is 0 Å². The van der Waals surface area contributed by atoms with Gasteiger partial charge in [-0.05, 0) is 55.0 Å². The molecule has 2 aromatic carbocycles. The van der Waals surface area contributed by atoms with Crippen molar-refractivity contribution in [3.05, 3.63) is 65.7 Å². The topological polar surface area (TPSA) is 40.6 Å². The van der Waals surface area contributed by atoms with E-state index in [1.807, 2.05) is 4.90 Å². The highest BCUT2D eigenvalue weighted by Crippen LogP contribution is 2.17. The Labute approximate surface area is 157 Å². The molecule has 0 N–H and O–H groups in total. The number of amides is 1. The highest BCUT2D eigenvalue weighted by atomic mass is 19.1. The van der Waals surface area contributed by atoms with Gasteiger partial charge in [0.05, 0.1) is 0 Å². The molecule has 3 rings (SSSR count). The Morgan fingerprint density at radius 2 is 1.33 bits per heavy atom. The Bertz CT molecular complexity index is 783. The number of hydrogen-bond acceptors (Lipinski definition) is 3. The van der Waals surface area contributed by atoms with E-state index in [1.54, 1.807) is 12.1 Å². The summed E-state index contributed by atoms with van der Waals surface area (Å²) >= 11 is 0. The number of benzene rings is 2. The van der Waals surface area contributed by atoms with E-state index in [2.05, 4.69) is 4.90 Å². The van der Waals surface area contributed by atoms with Gasteiger partial charge in [0.15, 0.2) is 5.78 Å². The van der Waals surface area contributed by atoms with Gasteiger partial charge in [-0.3, -0.25) is 9.59 Å². The minimum absolute atomic E-state index is 0.0423. The number of ketones is 1. The van der Waals surface area contributed by atoms with Gasteiger partial charge in [0.25, 0.3) is 0 Å². The fraction of sp³-hybridized carbons (Fsp3) is 0.333. The summed E-state index contributed by atoms with van der Waals surface area (Å²) in [5, 5.41) is 0. The van der Waals surface area contributed by atoms with Crippen molar-refractivity contribution in [3.63, 3.8) is 0 Å². The third kappa shape index (κ3) is 5.12. The van der Waals surface area contributed by atoms with Crippen molar-refractivity contribution in [2.75, 3.05) is 31.1 Å². The van der Waals surface area contributed by atoms with Crippen molar-refractivity contribution in [1.82, 2.24) is 4.90 Å². The smallest absolute Gasteiger partial charge is 0.222 e. The van der Waals surface area contributed by atoms with E-state index in [1.165, 1.54) is 36.4 Å². The molecule has 0 radical (unpaired) electrons. The molecule has 0 aromatic heterocycles. The van der Waals surface area contributed by atoms with Crippen molar-refractivity contribution < 1.29 is 18.4 Å². The molecule has 2 aromatic rings. The molecule has 0 saturated carbocycles. The second kappa shape index (κ2) is 8.75. The number of nitrogens with zero attached hydrogens (tertiary/aromatic N) is 2. The number of carbonyl (C=O) groups excluding carboxylic acids is 2. The average molecular weight is 372 g/mol. The first kappa shape index (κ1) is 19.0. The molecule has 1 aliphatic heterocycles. The number of carbonyl (C=O) groups is 2. The van der Waals surface area contributed by atoms with E-state index < -0.39 is 0 Å². The van der Waals surface area contributed by atoms with Gasteiger partial charge in [-0.1, -0.05) is 0 Å². The van der Waals surface area contributed by atoms with E-state index in [-0.39, 0.29) is 29.7 Å². The maximum absolute atomic E-state index is 13.0. The lowest BCUT2D eigenvalue weighted by Crippen LogP contribution is -2.48. The van der Waals surface area contributed by atoms with Crippen LogP contribution in [-0.2, 0) is 4.79 Å². The molecule has 0 bridgehead atoms. The van der Waals surface area contributed by atoms with Gasteiger partial charge in [0.2, 0.25) is 5.91 Å². The third-order valence-corrected chi connectivity index (χ3v) is 4.78. The minimum Gasteiger partial charge on any atom is -0.368 e. The van der Waals surface area contributed by atoms with Gasteiger partial charge in [-0.25, -0.2) is 8.78 Å². The normalized spacial score (nSPS) is 14.3. The quantitative estimate of drug-likeness (QED) is 0.727. The molecule has 1 fully saturated rings. The molecule has 6 heteroatoms. The van der Waals surface area contributed by atoms with Crippen LogP contribution in [0.1, 0.15) is 29.6 Å². The Hall–Kier alpha value is -2.76. The van der Waals surface area contributed by atoms with Crippen LogP contribution >= 0.6 is 0 Å². The summed E-state index contributed by atoms with van der Waals surface area (Å²) in [6.45, 7) is 2.63. The largest absolute Gasteiger partial charge is 0.368 e. The van der Waals surface area contributed by atoms with Gasteiger partial charge < -0.3 is 9.80 Å². The standard InChI is InChI=1S/C21H22F2N2O2/c22-17-6-4-16(5-7-17)20(26)2-1-3-21(27)25-14-12-24(13-15-25)19-10-8-18(23)9-11-19/h4-11H,1-3,12-15H2. The van der Waals surface area contributed by atoms with E-state index in [0.29, 0.717) is 44.6 Å². The van der Waals surface area contributed by atoms with Crippen molar-refractivity contribution in [2.45, 2.75) is 19.3 Å². The number of piperazine rings is 1. The molecule has 142 valence electrons. The molecular weight excluding hydrogens is 350 g/mol. The van der Waals surface area contributed by atoms with E-state index >= 15 is 0 Å². The van der Waals surface area contributed by atoms with E-state index in [0.717, 1.165) is 5.69 Å².